The number of amides is 2. The highest BCUT2D eigenvalue weighted by molar-refractivity contribution is 7.10. The highest BCUT2D eigenvalue weighted by Crippen LogP contribution is 2.38. The molecule has 2 aliphatic rings. The lowest BCUT2D eigenvalue weighted by Gasteiger charge is -2.37. The maximum absolute atomic E-state index is 13.3. The zero-order valence-electron chi connectivity index (χ0n) is 19.1. The van der Waals surface area contributed by atoms with Gasteiger partial charge in [-0.15, -0.1) is 11.3 Å². The van der Waals surface area contributed by atoms with Crippen LogP contribution < -0.4 is 0 Å². The summed E-state index contributed by atoms with van der Waals surface area (Å²) in [7, 11) is 0. The Morgan fingerprint density at radius 1 is 1.00 bits per heavy atom. The molecule has 0 spiro atoms. The van der Waals surface area contributed by atoms with Gasteiger partial charge < -0.3 is 9.80 Å². The van der Waals surface area contributed by atoms with E-state index in [4.69, 9.17) is 11.6 Å². The van der Waals surface area contributed by atoms with Crippen LogP contribution in [0.2, 0.25) is 5.02 Å². The van der Waals surface area contributed by atoms with Crippen molar-refractivity contribution in [2.45, 2.75) is 39.7 Å². The van der Waals surface area contributed by atoms with Crippen molar-refractivity contribution in [3.05, 3.63) is 56.7 Å². The number of carbonyl (C=O) groups is 2. The molecule has 4 rings (SSSR count). The average Bonchev–Trinajstić information content (AvgIpc) is 3.09. The fraction of sp³-hybridized carbons (Fsp3) is 0.520. The molecular formula is C25H32ClN3O2S. The van der Waals surface area contributed by atoms with E-state index < -0.39 is 5.41 Å². The number of rotatable bonds is 3. The lowest BCUT2D eigenvalue weighted by molar-refractivity contribution is -0.140. The molecule has 2 aliphatic heterocycles. The van der Waals surface area contributed by atoms with Crippen molar-refractivity contribution >= 4 is 34.8 Å². The molecule has 0 unspecified atom stereocenters. The van der Waals surface area contributed by atoms with E-state index in [0.717, 1.165) is 31.0 Å². The molecule has 0 bridgehead atoms. The highest BCUT2D eigenvalue weighted by Gasteiger charge is 2.33. The molecule has 2 aromatic rings. The van der Waals surface area contributed by atoms with E-state index in [1.54, 1.807) is 11.3 Å². The van der Waals surface area contributed by atoms with Crippen LogP contribution in [-0.2, 0) is 16.0 Å². The van der Waals surface area contributed by atoms with Gasteiger partial charge in [-0.05, 0) is 47.5 Å². The number of fused-ring (bicyclic) bond motifs is 1. The quantitative estimate of drug-likeness (QED) is 0.661. The molecule has 1 saturated heterocycles. The third-order valence-electron chi connectivity index (χ3n) is 6.37. The van der Waals surface area contributed by atoms with Gasteiger partial charge in [0, 0.05) is 48.0 Å². The van der Waals surface area contributed by atoms with Crippen molar-refractivity contribution < 1.29 is 9.59 Å². The van der Waals surface area contributed by atoms with Crippen LogP contribution in [0.5, 0.6) is 0 Å². The summed E-state index contributed by atoms with van der Waals surface area (Å²) in [5.74, 6) is 0.309. The third kappa shape index (κ3) is 5.03. The smallest absolute Gasteiger partial charge is 0.236 e. The van der Waals surface area contributed by atoms with Crippen molar-refractivity contribution in [3.63, 3.8) is 0 Å². The summed E-state index contributed by atoms with van der Waals surface area (Å²) in [5.41, 5.74) is 2.07. The molecule has 172 valence electrons. The van der Waals surface area contributed by atoms with Gasteiger partial charge in [0.25, 0.3) is 0 Å². The molecular weight excluding hydrogens is 442 g/mol. The third-order valence-corrected chi connectivity index (χ3v) is 7.62. The van der Waals surface area contributed by atoms with Gasteiger partial charge in [-0.2, -0.15) is 0 Å². The van der Waals surface area contributed by atoms with Crippen molar-refractivity contribution in [3.8, 4) is 0 Å². The maximum Gasteiger partial charge on any atom is 0.236 e. The highest BCUT2D eigenvalue weighted by atomic mass is 35.5. The first-order chi connectivity index (χ1) is 15.2. The lowest BCUT2D eigenvalue weighted by Crippen LogP contribution is -2.46. The maximum atomic E-state index is 13.3. The monoisotopic (exact) mass is 473 g/mol. The fourth-order valence-corrected chi connectivity index (χ4v) is 5.72. The number of carbonyl (C=O) groups excluding carboxylic acids is 2. The van der Waals surface area contributed by atoms with Crippen LogP contribution >= 0.6 is 22.9 Å². The van der Waals surface area contributed by atoms with Gasteiger partial charge >= 0.3 is 0 Å². The summed E-state index contributed by atoms with van der Waals surface area (Å²) in [4.78, 5) is 33.6. The zero-order valence-corrected chi connectivity index (χ0v) is 20.7. The number of nitrogens with zero attached hydrogens (tertiary/aromatic N) is 3. The predicted octanol–water partition coefficient (Wildman–Crippen LogP) is 4.46. The molecule has 0 aliphatic carbocycles. The number of thiophene rings is 1. The van der Waals surface area contributed by atoms with E-state index in [1.807, 2.05) is 42.7 Å². The standard InChI is InChI=1S/C25H32ClN3O2S/c1-25(2,3)24(31)28-12-4-11-27(14-15-28)22(30)17-29-13-9-21-20(10-16-32-21)23(29)18-5-7-19(26)8-6-18/h5-8,10,16,23H,4,9,11-15,17H2,1-3H3/t23-/m0/s1. The first kappa shape index (κ1) is 23.3. The van der Waals surface area contributed by atoms with Crippen LogP contribution in [0, 0.1) is 5.41 Å². The summed E-state index contributed by atoms with van der Waals surface area (Å²) in [6.45, 7) is 9.73. The van der Waals surface area contributed by atoms with Crippen LogP contribution in [0.1, 0.15) is 49.2 Å². The van der Waals surface area contributed by atoms with Gasteiger partial charge in [0.15, 0.2) is 0 Å². The first-order valence-electron chi connectivity index (χ1n) is 11.4. The van der Waals surface area contributed by atoms with Gasteiger partial charge in [-0.25, -0.2) is 0 Å². The van der Waals surface area contributed by atoms with Gasteiger partial charge in [0.1, 0.15) is 0 Å². The molecule has 1 aromatic carbocycles. The molecule has 1 aromatic heterocycles. The first-order valence-corrected chi connectivity index (χ1v) is 12.6. The van der Waals surface area contributed by atoms with Gasteiger partial charge in [0.05, 0.1) is 12.6 Å². The van der Waals surface area contributed by atoms with Gasteiger partial charge in [-0.1, -0.05) is 44.5 Å². The van der Waals surface area contributed by atoms with Gasteiger partial charge in [0.2, 0.25) is 11.8 Å². The van der Waals surface area contributed by atoms with E-state index in [0.29, 0.717) is 26.2 Å². The van der Waals surface area contributed by atoms with Crippen LogP contribution in [0.3, 0.4) is 0 Å². The SMILES string of the molecule is CC(C)(C)C(=O)N1CCCN(C(=O)CN2CCc3sccc3[C@@H]2c2ccc(Cl)cc2)CC1. The normalized spacial score (nSPS) is 20.1. The Balaban J connectivity index is 1.47. The zero-order chi connectivity index (χ0) is 22.9. The van der Waals surface area contributed by atoms with E-state index >= 15 is 0 Å². The van der Waals surface area contributed by atoms with Crippen molar-refractivity contribution in [2.75, 3.05) is 39.3 Å². The Morgan fingerprint density at radius 3 is 2.41 bits per heavy atom. The molecule has 0 N–H and O–H groups in total. The van der Waals surface area contributed by atoms with Crippen molar-refractivity contribution in [1.29, 1.82) is 0 Å². The second-order valence-electron chi connectivity index (χ2n) is 9.75. The minimum absolute atomic E-state index is 0.0668. The van der Waals surface area contributed by atoms with E-state index in [2.05, 4.69) is 28.5 Å². The summed E-state index contributed by atoms with van der Waals surface area (Å²) >= 11 is 7.93. The summed E-state index contributed by atoms with van der Waals surface area (Å²) in [6.07, 6.45) is 1.79. The molecule has 3 heterocycles. The predicted molar refractivity (Wildman–Crippen MR) is 130 cm³/mol. The van der Waals surface area contributed by atoms with Gasteiger partial charge in [-0.3, -0.25) is 14.5 Å². The Morgan fingerprint density at radius 2 is 1.69 bits per heavy atom. The molecule has 32 heavy (non-hydrogen) atoms. The summed E-state index contributed by atoms with van der Waals surface area (Å²) in [6, 6.07) is 10.2. The lowest BCUT2D eigenvalue weighted by atomic mass is 9.93. The Bertz CT molecular complexity index is 966. The van der Waals surface area contributed by atoms with Crippen LogP contribution in [0.25, 0.3) is 0 Å². The Hall–Kier alpha value is -1.89. The van der Waals surface area contributed by atoms with E-state index in [1.165, 1.54) is 16.0 Å². The molecule has 0 radical (unpaired) electrons. The Kier molecular flexibility index (Phi) is 6.94. The van der Waals surface area contributed by atoms with Crippen LogP contribution in [-0.4, -0.2) is 65.8 Å². The van der Waals surface area contributed by atoms with Crippen LogP contribution in [0.15, 0.2) is 35.7 Å². The van der Waals surface area contributed by atoms with E-state index in [9.17, 15) is 9.59 Å². The number of benzene rings is 1. The van der Waals surface area contributed by atoms with Crippen molar-refractivity contribution in [2.24, 2.45) is 5.41 Å². The van der Waals surface area contributed by atoms with Crippen LogP contribution in [0.4, 0.5) is 0 Å². The number of hydrogen-bond donors (Lipinski definition) is 0. The number of halogens is 1. The topological polar surface area (TPSA) is 43.9 Å². The minimum Gasteiger partial charge on any atom is -0.340 e. The summed E-state index contributed by atoms with van der Waals surface area (Å²) < 4.78 is 0. The molecule has 2 amide bonds. The average molecular weight is 474 g/mol. The number of hydrogen-bond acceptors (Lipinski definition) is 4. The minimum atomic E-state index is -0.392. The second-order valence-corrected chi connectivity index (χ2v) is 11.2. The molecule has 1 fully saturated rings. The molecule has 7 heteroatoms. The van der Waals surface area contributed by atoms with Crippen molar-refractivity contribution in [1.82, 2.24) is 14.7 Å². The van der Waals surface area contributed by atoms with E-state index in [-0.39, 0.29) is 17.9 Å². The molecule has 5 nitrogen and oxygen atoms in total. The Labute approximate surface area is 199 Å². The largest absolute Gasteiger partial charge is 0.340 e. The molecule has 1 atom stereocenters. The fourth-order valence-electron chi connectivity index (χ4n) is 4.69. The summed E-state index contributed by atoms with van der Waals surface area (Å²) in [5, 5.41) is 2.87. The second kappa shape index (κ2) is 9.54. The molecule has 0 saturated carbocycles.